The minimum absolute atomic E-state index is 0.122. The first-order valence-corrected chi connectivity index (χ1v) is 13.5. The Kier molecular flexibility index (Phi) is 8.14. The Bertz CT molecular complexity index is 1380. The van der Waals surface area contributed by atoms with Crippen molar-refractivity contribution in [2.75, 3.05) is 61.6 Å². The summed E-state index contributed by atoms with van der Waals surface area (Å²) in [5, 5.41) is 2.65. The Morgan fingerprint density at radius 1 is 1.00 bits per heavy atom. The van der Waals surface area contributed by atoms with Crippen LogP contribution >= 0.6 is 0 Å². The first kappa shape index (κ1) is 28.7. The predicted molar refractivity (Wildman–Crippen MR) is 149 cm³/mol. The average molecular weight is 573 g/mol. The van der Waals surface area contributed by atoms with Crippen LogP contribution in [-0.4, -0.2) is 79.3 Å². The molecule has 218 valence electrons. The Labute approximate surface area is 235 Å². The molecule has 0 unspecified atom stereocenters. The Balaban J connectivity index is 1.53. The van der Waals surface area contributed by atoms with Crippen LogP contribution in [0.4, 0.5) is 34.9 Å². The van der Waals surface area contributed by atoms with Crippen molar-refractivity contribution in [3.63, 3.8) is 0 Å². The fourth-order valence-electron chi connectivity index (χ4n) is 5.25. The second-order valence-electron chi connectivity index (χ2n) is 10.5. The summed E-state index contributed by atoms with van der Waals surface area (Å²) in [5.41, 5.74) is -0.480. The van der Waals surface area contributed by atoms with Gasteiger partial charge in [-0.15, -0.1) is 0 Å². The Morgan fingerprint density at radius 3 is 2.27 bits per heavy atom. The number of piperazine rings is 1. The normalized spacial score (nSPS) is 20.3. The molecule has 41 heavy (non-hydrogen) atoms. The van der Waals surface area contributed by atoms with Gasteiger partial charge in [-0.3, -0.25) is 9.69 Å². The van der Waals surface area contributed by atoms with Crippen LogP contribution in [0, 0.1) is 5.82 Å². The van der Waals surface area contributed by atoms with Crippen LogP contribution in [-0.2, 0) is 10.9 Å². The van der Waals surface area contributed by atoms with Crippen molar-refractivity contribution in [2.24, 2.45) is 0 Å². The van der Waals surface area contributed by atoms with E-state index < -0.39 is 29.0 Å². The summed E-state index contributed by atoms with van der Waals surface area (Å²) >= 11 is 0. The summed E-state index contributed by atoms with van der Waals surface area (Å²) in [7, 11) is 2.01. The van der Waals surface area contributed by atoms with Gasteiger partial charge in [0.25, 0.3) is 5.91 Å². The minimum atomic E-state index is -4.72. The van der Waals surface area contributed by atoms with Gasteiger partial charge in [-0.1, -0.05) is 12.1 Å². The number of nitrogens with one attached hydrogen (secondary N) is 1. The topological polar surface area (TPSA) is 73.8 Å². The number of hydrogen-bond donors (Lipinski definition) is 1. The highest BCUT2D eigenvalue weighted by Crippen LogP contribution is 2.37. The van der Waals surface area contributed by atoms with Crippen molar-refractivity contribution in [2.45, 2.75) is 32.1 Å². The molecule has 3 heterocycles. The van der Waals surface area contributed by atoms with Gasteiger partial charge in [-0.05, 0) is 45.2 Å². The van der Waals surface area contributed by atoms with Crippen LogP contribution in [0.25, 0.3) is 11.1 Å². The number of benzene rings is 2. The van der Waals surface area contributed by atoms with E-state index in [1.165, 1.54) is 36.7 Å². The molecule has 1 aromatic heterocycles. The predicted octanol–water partition coefficient (Wildman–Crippen LogP) is 4.92. The molecule has 12 heteroatoms. The number of halogens is 4. The van der Waals surface area contributed by atoms with Crippen LogP contribution in [0.3, 0.4) is 0 Å². The number of aromatic nitrogens is 2. The number of ether oxygens (including phenoxy) is 1. The van der Waals surface area contributed by atoms with Crippen molar-refractivity contribution >= 4 is 23.2 Å². The number of morpholine rings is 1. The summed E-state index contributed by atoms with van der Waals surface area (Å²) in [4.78, 5) is 28.2. The zero-order valence-corrected chi connectivity index (χ0v) is 23.1. The molecule has 0 aliphatic carbocycles. The van der Waals surface area contributed by atoms with Gasteiger partial charge in [-0.2, -0.15) is 13.2 Å². The van der Waals surface area contributed by atoms with Crippen molar-refractivity contribution in [3.8, 4) is 11.1 Å². The zero-order valence-electron chi connectivity index (χ0n) is 23.1. The fourth-order valence-corrected chi connectivity index (χ4v) is 5.25. The lowest BCUT2D eigenvalue weighted by molar-refractivity contribution is -0.137. The van der Waals surface area contributed by atoms with Gasteiger partial charge in [0.2, 0.25) is 5.95 Å². The quantitative estimate of drug-likeness (QED) is 0.435. The molecular weight excluding hydrogens is 540 g/mol. The van der Waals surface area contributed by atoms with E-state index in [9.17, 15) is 18.0 Å². The molecule has 0 saturated carbocycles. The van der Waals surface area contributed by atoms with Crippen LogP contribution in [0.1, 0.15) is 29.8 Å². The molecule has 5 rings (SSSR count). The van der Waals surface area contributed by atoms with Crippen LogP contribution < -0.4 is 15.1 Å². The molecular formula is C29H32F4N6O2. The maximum Gasteiger partial charge on any atom is 0.417 e. The number of hydrogen-bond acceptors (Lipinski definition) is 7. The molecule has 0 radical (unpaired) electrons. The first-order chi connectivity index (χ1) is 19.5. The standard InChI is InChI=1S/C29H32F4N6O2/c1-18-16-39(17-19(2)37(18)3)26-13-24(30)22(20-14-34-28(35-15-20)38-8-10-41-11-9-38)12-25(26)36-27(40)21-6-4-5-7-23(21)29(31,32)33/h4-7,12-15,18-19H,8-11,16-17H2,1-3H3,(H,36,40)/t18-,19+. The highest BCUT2D eigenvalue weighted by atomic mass is 19.4. The van der Waals surface area contributed by atoms with Gasteiger partial charge in [0, 0.05) is 61.8 Å². The van der Waals surface area contributed by atoms with Gasteiger partial charge in [0.05, 0.1) is 35.7 Å². The van der Waals surface area contributed by atoms with Crippen LogP contribution in [0.5, 0.6) is 0 Å². The maximum absolute atomic E-state index is 15.7. The summed E-state index contributed by atoms with van der Waals surface area (Å²) < 4.78 is 62.1. The van der Waals surface area contributed by atoms with Crippen LogP contribution in [0.15, 0.2) is 48.8 Å². The molecule has 3 aromatic rings. The van der Waals surface area contributed by atoms with Gasteiger partial charge < -0.3 is 19.9 Å². The summed E-state index contributed by atoms with van der Waals surface area (Å²) in [5.74, 6) is -1.01. The highest BCUT2D eigenvalue weighted by Gasteiger charge is 2.35. The molecule has 2 aromatic carbocycles. The third-order valence-electron chi connectivity index (χ3n) is 7.75. The van der Waals surface area contributed by atoms with Crippen molar-refractivity contribution < 1.29 is 27.1 Å². The van der Waals surface area contributed by atoms with Crippen molar-refractivity contribution in [1.82, 2.24) is 14.9 Å². The summed E-state index contributed by atoms with van der Waals surface area (Å²) in [6, 6.07) is 7.60. The lowest BCUT2D eigenvalue weighted by atomic mass is 10.0. The Hall–Kier alpha value is -3.77. The molecule has 1 N–H and O–H groups in total. The van der Waals surface area contributed by atoms with E-state index in [-0.39, 0.29) is 23.3 Å². The SMILES string of the molecule is C[C@@H]1CN(c2cc(F)c(-c3cnc(N4CCOCC4)nc3)cc2NC(=O)c2ccccc2C(F)(F)F)C[C@H](C)N1C. The number of carbonyl (C=O) groups is 1. The molecule has 2 saturated heterocycles. The summed E-state index contributed by atoms with van der Waals surface area (Å²) in [6.07, 6.45) is -1.71. The summed E-state index contributed by atoms with van der Waals surface area (Å²) in [6.45, 7) is 7.56. The van der Waals surface area contributed by atoms with Crippen molar-refractivity contribution in [1.29, 1.82) is 0 Å². The number of likely N-dealkylation sites (N-methyl/N-ethyl adjacent to an activating group) is 1. The molecule has 2 atom stereocenters. The van der Waals surface area contributed by atoms with Gasteiger partial charge in [0.15, 0.2) is 0 Å². The molecule has 2 aliphatic rings. The lowest BCUT2D eigenvalue weighted by Crippen LogP contribution is -2.55. The van der Waals surface area contributed by atoms with E-state index in [0.29, 0.717) is 56.6 Å². The Morgan fingerprint density at radius 2 is 1.63 bits per heavy atom. The van der Waals surface area contributed by atoms with Gasteiger partial charge in [-0.25, -0.2) is 14.4 Å². The lowest BCUT2D eigenvalue weighted by Gasteiger charge is -2.44. The maximum atomic E-state index is 15.7. The van der Waals surface area contributed by atoms with Gasteiger partial charge in [0.1, 0.15) is 5.82 Å². The zero-order chi connectivity index (χ0) is 29.3. The molecule has 0 bridgehead atoms. The minimum Gasteiger partial charge on any atom is -0.378 e. The van der Waals surface area contributed by atoms with E-state index >= 15 is 4.39 Å². The van der Waals surface area contributed by atoms with Crippen LogP contribution in [0.2, 0.25) is 0 Å². The second-order valence-corrected chi connectivity index (χ2v) is 10.5. The molecule has 2 fully saturated rings. The van der Waals surface area contributed by atoms with Crippen molar-refractivity contribution in [3.05, 3.63) is 65.7 Å². The number of nitrogens with zero attached hydrogens (tertiary/aromatic N) is 5. The largest absolute Gasteiger partial charge is 0.417 e. The smallest absolute Gasteiger partial charge is 0.378 e. The highest BCUT2D eigenvalue weighted by molar-refractivity contribution is 6.07. The number of amides is 1. The second kappa shape index (κ2) is 11.6. The van der Waals surface area contributed by atoms with E-state index in [4.69, 9.17) is 4.74 Å². The number of rotatable bonds is 5. The first-order valence-electron chi connectivity index (χ1n) is 13.5. The fraction of sp³-hybridized carbons (Fsp3) is 0.414. The van der Waals surface area contributed by atoms with E-state index in [0.717, 1.165) is 12.1 Å². The third kappa shape index (κ3) is 6.13. The van der Waals surface area contributed by atoms with Gasteiger partial charge >= 0.3 is 6.18 Å². The third-order valence-corrected chi connectivity index (χ3v) is 7.75. The van der Waals surface area contributed by atoms with E-state index in [2.05, 4.69) is 20.2 Å². The number of anilines is 3. The molecule has 1 amide bonds. The molecule has 8 nitrogen and oxygen atoms in total. The molecule has 0 spiro atoms. The van der Waals surface area contributed by atoms with E-state index in [1.807, 2.05) is 30.7 Å². The average Bonchev–Trinajstić information content (AvgIpc) is 2.96. The molecule has 2 aliphatic heterocycles. The number of carbonyl (C=O) groups excluding carboxylic acids is 1. The van der Waals surface area contributed by atoms with E-state index in [1.54, 1.807) is 0 Å². The monoisotopic (exact) mass is 572 g/mol. The number of alkyl halides is 3.